The molecule has 2 fully saturated rings. The molecule has 1 N–H and O–H groups in total. The summed E-state index contributed by atoms with van der Waals surface area (Å²) in [6.45, 7) is -3.57. The van der Waals surface area contributed by atoms with Gasteiger partial charge in [-0.3, -0.25) is 19.3 Å². The van der Waals surface area contributed by atoms with Crippen molar-refractivity contribution in [2.75, 3.05) is 11.9 Å². The zero-order valence-electron chi connectivity index (χ0n) is 14.9. The Morgan fingerprint density at radius 3 is 2.32 bits per heavy atom. The van der Waals surface area contributed by atoms with Gasteiger partial charge in [-0.15, -0.1) is 0 Å². The summed E-state index contributed by atoms with van der Waals surface area (Å²) in [5, 5.41) is 2.44. The van der Waals surface area contributed by atoms with Gasteiger partial charge in [0.25, 0.3) is 0 Å². The number of nitrogens with one attached hydrogen (secondary N) is 1. The molecule has 2 aliphatic rings. The molecule has 0 spiro atoms. The topological polar surface area (TPSA) is 96.0 Å². The van der Waals surface area contributed by atoms with E-state index in [0.717, 1.165) is 24.2 Å². The molecular formula is C18H19F2N3O5. The van der Waals surface area contributed by atoms with Gasteiger partial charge in [0.2, 0.25) is 5.91 Å². The number of hydrogen-bond donors (Lipinski definition) is 1. The molecule has 1 saturated carbocycles. The molecule has 28 heavy (non-hydrogen) atoms. The normalized spacial score (nSPS) is 18.2. The number of alkyl halides is 2. The Bertz CT molecular complexity index is 778. The fourth-order valence-corrected chi connectivity index (χ4v) is 3.39. The van der Waals surface area contributed by atoms with Crippen LogP contribution in [0, 0.1) is 0 Å². The van der Waals surface area contributed by atoms with Crippen LogP contribution in [0.3, 0.4) is 0 Å². The van der Waals surface area contributed by atoms with Crippen molar-refractivity contribution < 1.29 is 32.7 Å². The molecule has 8 nitrogen and oxygen atoms in total. The highest BCUT2D eigenvalue weighted by Gasteiger charge is 2.48. The Hall–Kier alpha value is -3.04. The van der Waals surface area contributed by atoms with Crippen molar-refractivity contribution in [1.29, 1.82) is 0 Å². The first kappa shape index (κ1) is 19.7. The van der Waals surface area contributed by atoms with E-state index < -0.39 is 36.9 Å². The zero-order valence-corrected chi connectivity index (χ0v) is 14.9. The SMILES string of the molecule is O=C(CN1C(=O)C(=O)N(C2CCCCC2)C1=O)Nc1ccc(OC(F)F)cc1. The third kappa shape index (κ3) is 4.26. The van der Waals surface area contributed by atoms with Gasteiger partial charge < -0.3 is 10.1 Å². The van der Waals surface area contributed by atoms with E-state index in [9.17, 15) is 28.0 Å². The van der Waals surface area contributed by atoms with Crippen LogP contribution < -0.4 is 10.1 Å². The lowest BCUT2D eigenvalue weighted by molar-refractivity contribution is -0.144. The smallest absolute Gasteiger partial charge is 0.387 e. The van der Waals surface area contributed by atoms with E-state index in [1.165, 1.54) is 24.3 Å². The fourth-order valence-electron chi connectivity index (χ4n) is 3.39. The predicted octanol–water partition coefficient (Wildman–Crippen LogP) is 2.35. The summed E-state index contributed by atoms with van der Waals surface area (Å²) in [7, 11) is 0. The number of anilines is 1. The van der Waals surface area contributed by atoms with Gasteiger partial charge in [-0.05, 0) is 37.1 Å². The Morgan fingerprint density at radius 2 is 1.71 bits per heavy atom. The summed E-state index contributed by atoms with van der Waals surface area (Å²) in [5.74, 6) is -2.70. The van der Waals surface area contributed by atoms with Crippen molar-refractivity contribution in [1.82, 2.24) is 9.80 Å². The van der Waals surface area contributed by atoms with Gasteiger partial charge in [-0.25, -0.2) is 9.69 Å². The Morgan fingerprint density at radius 1 is 1.07 bits per heavy atom. The first-order chi connectivity index (χ1) is 13.4. The van der Waals surface area contributed by atoms with Crippen LogP contribution in [-0.2, 0) is 14.4 Å². The largest absolute Gasteiger partial charge is 0.435 e. The summed E-state index contributed by atoms with van der Waals surface area (Å²) in [4.78, 5) is 50.6. The summed E-state index contributed by atoms with van der Waals surface area (Å²) < 4.78 is 28.5. The van der Waals surface area contributed by atoms with Crippen LogP contribution in [0.25, 0.3) is 0 Å². The number of imide groups is 2. The van der Waals surface area contributed by atoms with Crippen molar-refractivity contribution in [3.63, 3.8) is 0 Å². The lowest BCUT2D eigenvalue weighted by atomic mass is 9.94. The van der Waals surface area contributed by atoms with Gasteiger partial charge in [-0.1, -0.05) is 19.3 Å². The molecule has 10 heteroatoms. The Balaban J connectivity index is 1.61. The van der Waals surface area contributed by atoms with Gasteiger partial charge in [0.1, 0.15) is 12.3 Å². The van der Waals surface area contributed by atoms with E-state index >= 15 is 0 Å². The Kier molecular flexibility index (Phi) is 5.86. The van der Waals surface area contributed by atoms with Crippen LogP contribution in [0.15, 0.2) is 24.3 Å². The molecule has 3 rings (SSSR count). The van der Waals surface area contributed by atoms with Gasteiger partial charge in [0, 0.05) is 11.7 Å². The van der Waals surface area contributed by atoms with Crippen LogP contribution in [0.5, 0.6) is 5.75 Å². The second kappa shape index (κ2) is 8.32. The molecule has 1 heterocycles. The minimum Gasteiger partial charge on any atom is -0.435 e. The summed E-state index contributed by atoms with van der Waals surface area (Å²) in [6, 6.07) is 4.06. The molecule has 0 unspecified atom stereocenters. The number of rotatable bonds is 6. The third-order valence-corrected chi connectivity index (χ3v) is 4.69. The second-order valence-corrected chi connectivity index (χ2v) is 6.59. The molecular weight excluding hydrogens is 376 g/mol. The van der Waals surface area contributed by atoms with E-state index in [-0.39, 0.29) is 17.5 Å². The lowest BCUT2D eigenvalue weighted by Crippen LogP contribution is -2.43. The number of nitrogens with zero attached hydrogens (tertiary/aromatic N) is 2. The molecule has 0 bridgehead atoms. The van der Waals surface area contributed by atoms with Crippen LogP contribution in [-0.4, -0.2) is 52.8 Å². The lowest BCUT2D eigenvalue weighted by Gasteiger charge is -2.28. The quantitative estimate of drug-likeness (QED) is 0.589. The molecule has 5 amide bonds. The number of amides is 5. The predicted molar refractivity (Wildman–Crippen MR) is 92.5 cm³/mol. The summed E-state index contributed by atoms with van der Waals surface area (Å²) in [5.41, 5.74) is 0.265. The van der Waals surface area contributed by atoms with Gasteiger partial charge >= 0.3 is 24.5 Å². The maximum Gasteiger partial charge on any atom is 0.387 e. The summed E-state index contributed by atoms with van der Waals surface area (Å²) >= 11 is 0. The van der Waals surface area contributed by atoms with Crippen LogP contribution >= 0.6 is 0 Å². The van der Waals surface area contributed by atoms with E-state index in [2.05, 4.69) is 10.1 Å². The second-order valence-electron chi connectivity index (χ2n) is 6.59. The fraction of sp³-hybridized carbons (Fsp3) is 0.444. The van der Waals surface area contributed by atoms with Crippen molar-refractivity contribution in [3.05, 3.63) is 24.3 Å². The third-order valence-electron chi connectivity index (χ3n) is 4.69. The zero-order chi connectivity index (χ0) is 20.3. The molecule has 0 aromatic heterocycles. The number of carbonyl (C=O) groups excluding carboxylic acids is 4. The number of urea groups is 1. The number of benzene rings is 1. The maximum atomic E-state index is 12.5. The highest BCUT2D eigenvalue weighted by atomic mass is 19.3. The molecule has 1 aliphatic heterocycles. The first-order valence-electron chi connectivity index (χ1n) is 8.90. The monoisotopic (exact) mass is 395 g/mol. The minimum absolute atomic E-state index is 0.0772. The first-order valence-corrected chi connectivity index (χ1v) is 8.90. The number of hydrogen-bond acceptors (Lipinski definition) is 5. The van der Waals surface area contributed by atoms with Crippen molar-refractivity contribution in [2.45, 2.75) is 44.8 Å². The van der Waals surface area contributed by atoms with Crippen molar-refractivity contribution in [2.24, 2.45) is 0 Å². The molecule has 0 atom stereocenters. The molecule has 1 aromatic carbocycles. The van der Waals surface area contributed by atoms with Crippen LogP contribution in [0.2, 0.25) is 0 Å². The molecule has 1 aliphatic carbocycles. The average Bonchev–Trinajstić information content (AvgIpc) is 2.87. The van der Waals surface area contributed by atoms with E-state index in [4.69, 9.17) is 0 Å². The standard InChI is InChI=1S/C18H19F2N3O5/c19-17(20)28-13-8-6-11(7-9-13)21-14(24)10-22-15(25)16(26)23(18(22)27)12-4-2-1-3-5-12/h6-9,12,17H,1-5,10H2,(H,21,24). The molecule has 1 saturated heterocycles. The van der Waals surface area contributed by atoms with Gasteiger partial charge in [0.15, 0.2) is 0 Å². The maximum absolute atomic E-state index is 12.5. The number of carbonyl (C=O) groups is 4. The molecule has 150 valence electrons. The molecule has 0 radical (unpaired) electrons. The van der Waals surface area contributed by atoms with E-state index in [1.54, 1.807) is 0 Å². The van der Waals surface area contributed by atoms with Crippen molar-refractivity contribution >= 4 is 29.4 Å². The van der Waals surface area contributed by atoms with Gasteiger partial charge in [0.05, 0.1) is 0 Å². The van der Waals surface area contributed by atoms with Gasteiger partial charge in [-0.2, -0.15) is 8.78 Å². The highest BCUT2D eigenvalue weighted by Crippen LogP contribution is 2.27. The number of halogens is 2. The van der Waals surface area contributed by atoms with Crippen molar-refractivity contribution in [3.8, 4) is 5.75 Å². The summed E-state index contributed by atoms with van der Waals surface area (Å²) in [6.07, 6.45) is 4.08. The average molecular weight is 395 g/mol. The van der Waals surface area contributed by atoms with E-state index in [1.807, 2.05) is 0 Å². The minimum atomic E-state index is -2.96. The Labute approximate surface area is 159 Å². The van der Waals surface area contributed by atoms with Crippen LogP contribution in [0.1, 0.15) is 32.1 Å². The highest BCUT2D eigenvalue weighted by molar-refractivity contribution is 6.45. The molecule has 1 aromatic rings. The number of ether oxygens (including phenoxy) is 1. The van der Waals surface area contributed by atoms with Crippen LogP contribution in [0.4, 0.5) is 19.3 Å². The van der Waals surface area contributed by atoms with E-state index in [0.29, 0.717) is 17.7 Å².